The summed E-state index contributed by atoms with van der Waals surface area (Å²) in [5.74, 6) is 1.47. The molecule has 0 bridgehead atoms. The van der Waals surface area contributed by atoms with Crippen LogP contribution in [0.1, 0.15) is 36.9 Å². The number of benzene rings is 2. The van der Waals surface area contributed by atoms with Crippen molar-refractivity contribution in [3.8, 4) is 5.75 Å². The minimum Gasteiger partial charge on any atom is -0.489 e. The number of pyridine rings is 1. The van der Waals surface area contributed by atoms with E-state index in [1.165, 1.54) is 18.6 Å². The van der Waals surface area contributed by atoms with E-state index in [2.05, 4.69) is 26.1 Å². The second-order valence-electron chi connectivity index (χ2n) is 10.3. The molecule has 2 aliphatic rings. The predicted octanol–water partition coefficient (Wildman–Crippen LogP) is 4.00. The Hall–Kier alpha value is -3.43. The molecule has 0 amide bonds. The Morgan fingerprint density at radius 3 is 2.50 bits per heavy atom. The molecule has 3 heterocycles. The van der Waals surface area contributed by atoms with Crippen LogP contribution < -0.4 is 9.46 Å². The van der Waals surface area contributed by atoms with E-state index in [9.17, 15) is 13.2 Å². The van der Waals surface area contributed by atoms with Gasteiger partial charge in [0.15, 0.2) is 0 Å². The van der Waals surface area contributed by atoms with Gasteiger partial charge < -0.3 is 19.3 Å². The van der Waals surface area contributed by atoms with Crippen molar-refractivity contribution in [1.29, 1.82) is 0 Å². The van der Waals surface area contributed by atoms with E-state index >= 15 is 0 Å². The Labute approximate surface area is 224 Å². The van der Waals surface area contributed by atoms with Crippen LogP contribution in [0.25, 0.3) is 10.9 Å². The molecule has 2 fully saturated rings. The van der Waals surface area contributed by atoms with Crippen LogP contribution in [0.4, 0.5) is 0 Å². The van der Waals surface area contributed by atoms with Crippen LogP contribution in [0.5, 0.6) is 5.75 Å². The largest absolute Gasteiger partial charge is 0.489 e. The van der Waals surface area contributed by atoms with E-state index in [1.807, 2.05) is 37.3 Å². The van der Waals surface area contributed by atoms with Crippen LogP contribution in [0.15, 0.2) is 71.9 Å². The van der Waals surface area contributed by atoms with Crippen molar-refractivity contribution in [2.75, 3.05) is 26.2 Å². The van der Waals surface area contributed by atoms with Crippen molar-refractivity contribution >= 4 is 27.2 Å². The molecule has 0 aliphatic carbocycles. The highest BCUT2D eigenvalue weighted by Gasteiger charge is 2.47. The number of para-hydroxylation sites is 1. The molecule has 5 rings (SSSR count). The fourth-order valence-corrected chi connectivity index (χ4v) is 6.74. The molecule has 8 nitrogen and oxygen atoms in total. The maximum absolute atomic E-state index is 13.2. The molecule has 200 valence electrons. The molecule has 0 saturated carbocycles. The first-order chi connectivity index (χ1) is 18.3. The van der Waals surface area contributed by atoms with Gasteiger partial charge in [0.2, 0.25) is 10.0 Å². The lowest BCUT2D eigenvalue weighted by Crippen LogP contribution is -2.70. The average molecular weight is 535 g/mol. The molecule has 0 atom stereocenters. The monoisotopic (exact) mass is 534 g/mol. The molecule has 9 heteroatoms. The van der Waals surface area contributed by atoms with Crippen LogP contribution in [0.3, 0.4) is 0 Å². The van der Waals surface area contributed by atoms with Crippen molar-refractivity contribution in [2.45, 2.75) is 49.6 Å². The van der Waals surface area contributed by atoms with Gasteiger partial charge in [-0.05, 0) is 62.6 Å². The summed E-state index contributed by atoms with van der Waals surface area (Å²) in [6, 6.07) is 16.3. The van der Waals surface area contributed by atoms with Crippen molar-refractivity contribution in [1.82, 2.24) is 19.5 Å². The Balaban J connectivity index is 1.23. The summed E-state index contributed by atoms with van der Waals surface area (Å²) in [7, 11) is -3.84. The van der Waals surface area contributed by atoms with Crippen molar-refractivity contribution in [3.63, 3.8) is 0 Å². The number of nitrogens with zero attached hydrogens (tertiary/aromatic N) is 3. The number of aryl methyl sites for hydroxylation is 1. The number of ether oxygens (including phenoxy) is 1. The number of hydrogen-bond donors (Lipinski definition) is 1. The molecule has 0 spiro atoms. The van der Waals surface area contributed by atoms with Crippen molar-refractivity contribution < 1.29 is 17.9 Å². The van der Waals surface area contributed by atoms with E-state index in [0.29, 0.717) is 25.4 Å². The van der Waals surface area contributed by atoms with E-state index < -0.39 is 15.6 Å². The molecular formula is C29H34N4O4S. The molecule has 2 saturated heterocycles. The minimum absolute atomic E-state index is 0.108. The normalized spacial score (nSPS) is 17.2. The van der Waals surface area contributed by atoms with Gasteiger partial charge in [0.25, 0.3) is 0 Å². The van der Waals surface area contributed by atoms with E-state index in [0.717, 1.165) is 60.2 Å². The summed E-state index contributed by atoms with van der Waals surface area (Å²) in [6.45, 7) is 9.28. The molecule has 1 N–H and O–H groups in total. The maximum atomic E-state index is 13.2. The average Bonchev–Trinajstić information content (AvgIpc) is 2.90. The summed E-state index contributed by atoms with van der Waals surface area (Å²) in [4.78, 5) is 20.4. The SMILES string of the molecule is C=C(N1CCCCC1)N1CC(CC=O)(NS(=O)(=O)c2ccc(OCc3cc(C)nc4ccccc34)cc2)C1. The van der Waals surface area contributed by atoms with Crippen LogP contribution in [-0.2, 0) is 21.4 Å². The summed E-state index contributed by atoms with van der Waals surface area (Å²) in [6.07, 6.45) is 4.39. The Bertz CT molecular complexity index is 1430. The summed E-state index contributed by atoms with van der Waals surface area (Å²) in [5, 5.41) is 1.03. The number of carbonyl (C=O) groups excluding carboxylic acids is 1. The number of hydrogen-bond acceptors (Lipinski definition) is 7. The zero-order chi connectivity index (χ0) is 26.8. The fourth-order valence-electron chi connectivity index (χ4n) is 5.35. The zero-order valence-electron chi connectivity index (χ0n) is 21.7. The Kier molecular flexibility index (Phi) is 7.40. The van der Waals surface area contributed by atoms with Gasteiger partial charge in [-0.25, -0.2) is 13.1 Å². The van der Waals surface area contributed by atoms with Crippen LogP contribution >= 0.6 is 0 Å². The first-order valence-corrected chi connectivity index (χ1v) is 14.5. The molecule has 2 aromatic carbocycles. The lowest BCUT2D eigenvalue weighted by atomic mass is 9.88. The van der Waals surface area contributed by atoms with E-state index in [4.69, 9.17) is 4.74 Å². The van der Waals surface area contributed by atoms with Crippen molar-refractivity contribution in [3.05, 3.63) is 78.3 Å². The molecule has 38 heavy (non-hydrogen) atoms. The molecule has 2 aliphatic heterocycles. The predicted molar refractivity (Wildman–Crippen MR) is 147 cm³/mol. The highest BCUT2D eigenvalue weighted by atomic mass is 32.2. The number of piperidine rings is 1. The topological polar surface area (TPSA) is 91.8 Å². The van der Waals surface area contributed by atoms with Crippen LogP contribution in [0, 0.1) is 6.92 Å². The second kappa shape index (κ2) is 10.7. The van der Waals surface area contributed by atoms with Crippen molar-refractivity contribution in [2.24, 2.45) is 0 Å². The lowest BCUT2D eigenvalue weighted by Gasteiger charge is -2.53. The third-order valence-corrected chi connectivity index (χ3v) is 8.95. The van der Waals surface area contributed by atoms with Gasteiger partial charge in [0, 0.05) is 49.2 Å². The standard InChI is InChI=1S/C29H34N4O4S/c1-22-18-24(27-8-4-5-9-28(27)30-22)19-37-25-10-12-26(13-11-25)38(35,36)31-29(14-17-34)20-33(21-29)23(2)32-15-6-3-7-16-32/h4-5,8-13,17-18,31H,2-3,6-7,14-16,19-21H2,1H3. The van der Waals surface area contributed by atoms with Gasteiger partial charge in [0.1, 0.15) is 18.6 Å². The van der Waals surface area contributed by atoms with E-state index in [-0.39, 0.29) is 11.3 Å². The van der Waals surface area contributed by atoms with Crippen LogP contribution in [0.2, 0.25) is 0 Å². The number of nitrogens with one attached hydrogen (secondary N) is 1. The minimum atomic E-state index is -3.84. The van der Waals surface area contributed by atoms with Gasteiger partial charge in [-0.2, -0.15) is 0 Å². The summed E-state index contributed by atoms with van der Waals surface area (Å²) < 4.78 is 35.3. The molecular weight excluding hydrogens is 500 g/mol. The third kappa shape index (κ3) is 5.54. The first kappa shape index (κ1) is 26.2. The Morgan fingerprint density at radius 2 is 1.79 bits per heavy atom. The highest BCUT2D eigenvalue weighted by Crippen LogP contribution is 2.31. The number of aldehydes is 1. The number of carbonyl (C=O) groups is 1. The Morgan fingerprint density at radius 1 is 1.08 bits per heavy atom. The number of likely N-dealkylation sites (tertiary alicyclic amines) is 2. The van der Waals surface area contributed by atoms with Gasteiger partial charge in [0.05, 0.1) is 21.8 Å². The molecule has 0 unspecified atom stereocenters. The zero-order valence-corrected chi connectivity index (χ0v) is 22.5. The van der Waals surface area contributed by atoms with Crippen LogP contribution in [-0.4, -0.2) is 61.2 Å². The summed E-state index contributed by atoms with van der Waals surface area (Å²) >= 11 is 0. The summed E-state index contributed by atoms with van der Waals surface area (Å²) in [5.41, 5.74) is 2.00. The van der Waals surface area contributed by atoms with E-state index in [1.54, 1.807) is 12.1 Å². The maximum Gasteiger partial charge on any atom is 0.241 e. The van der Waals surface area contributed by atoms with Gasteiger partial charge in [-0.3, -0.25) is 4.98 Å². The fraction of sp³-hybridized carbons (Fsp3) is 0.379. The lowest BCUT2D eigenvalue weighted by molar-refractivity contribution is -0.110. The number of rotatable bonds is 10. The molecule has 0 radical (unpaired) electrons. The highest BCUT2D eigenvalue weighted by molar-refractivity contribution is 7.89. The van der Waals surface area contributed by atoms with Gasteiger partial charge in [-0.15, -0.1) is 0 Å². The molecule has 3 aromatic rings. The first-order valence-electron chi connectivity index (χ1n) is 13.0. The molecule has 1 aromatic heterocycles. The number of fused-ring (bicyclic) bond motifs is 1. The number of sulfonamides is 1. The smallest absolute Gasteiger partial charge is 0.241 e. The second-order valence-corrected chi connectivity index (χ2v) is 12.0. The quantitative estimate of drug-likeness (QED) is 0.393. The van der Waals surface area contributed by atoms with Gasteiger partial charge in [-0.1, -0.05) is 24.8 Å². The van der Waals surface area contributed by atoms with Gasteiger partial charge >= 0.3 is 0 Å². The number of aromatic nitrogens is 1. The third-order valence-electron chi connectivity index (χ3n) is 7.36.